The number of carbonyl (C=O) groups is 3. The molecule has 2 heterocycles. The normalized spacial score (nSPS) is 10.3. The summed E-state index contributed by atoms with van der Waals surface area (Å²) in [7, 11) is 0. The standard InChI is InChI=1S/C17H20N2O5S/c1-3-4-7-18-13(20)10-24-17(22)15-11(2)9-14(25-15)19-16(21)12-6-5-8-23-12/h5-6,8-9H,3-4,7,10H2,1-2H3,(H,18,20)(H,19,21). The molecular weight excluding hydrogens is 344 g/mol. The molecule has 0 aliphatic carbocycles. The lowest BCUT2D eigenvalue weighted by molar-refractivity contribution is -0.124. The first-order valence-electron chi connectivity index (χ1n) is 7.90. The number of anilines is 1. The fourth-order valence-corrected chi connectivity index (χ4v) is 2.94. The Morgan fingerprint density at radius 3 is 2.80 bits per heavy atom. The lowest BCUT2D eigenvalue weighted by Gasteiger charge is -2.05. The van der Waals surface area contributed by atoms with Crippen LogP contribution in [0.15, 0.2) is 28.9 Å². The number of furan rings is 1. The van der Waals surface area contributed by atoms with E-state index >= 15 is 0 Å². The van der Waals surface area contributed by atoms with E-state index in [2.05, 4.69) is 10.6 Å². The average Bonchev–Trinajstić information content (AvgIpc) is 3.23. The SMILES string of the molecule is CCCCNC(=O)COC(=O)c1sc(NC(=O)c2ccco2)cc1C. The smallest absolute Gasteiger partial charge is 0.349 e. The van der Waals surface area contributed by atoms with E-state index in [0.717, 1.165) is 24.2 Å². The zero-order chi connectivity index (χ0) is 18.2. The van der Waals surface area contributed by atoms with Crippen LogP contribution in [0.25, 0.3) is 0 Å². The van der Waals surface area contributed by atoms with Crippen molar-refractivity contribution in [3.05, 3.63) is 40.7 Å². The third-order valence-electron chi connectivity index (χ3n) is 3.27. The van der Waals surface area contributed by atoms with Gasteiger partial charge in [0.25, 0.3) is 11.8 Å². The highest BCUT2D eigenvalue weighted by Gasteiger charge is 2.18. The molecule has 2 N–H and O–H groups in total. The topological polar surface area (TPSA) is 97.6 Å². The van der Waals surface area contributed by atoms with Gasteiger partial charge >= 0.3 is 5.97 Å². The van der Waals surface area contributed by atoms with Gasteiger partial charge in [-0.15, -0.1) is 11.3 Å². The van der Waals surface area contributed by atoms with Crippen molar-refractivity contribution in [2.75, 3.05) is 18.5 Å². The van der Waals surface area contributed by atoms with Crippen LogP contribution in [0.3, 0.4) is 0 Å². The number of esters is 1. The number of hydrogen-bond acceptors (Lipinski definition) is 6. The Morgan fingerprint density at radius 1 is 1.32 bits per heavy atom. The first-order valence-corrected chi connectivity index (χ1v) is 8.72. The van der Waals surface area contributed by atoms with Crippen LogP contribution in [0.2, 0.25) is 0 Å². The van der Waals surface area contributed by atoms with Gasteiger partial charge in [0.15, 0.2) is 12.4 Å². The van der Waals surface area contributed by atoms with Crippen LogP contribution in [0.1, 0.15) is 45.6 Å². The van der Waals surface area contributed by atoms with Crippen molar-refractivity contribution in [2.45, 2.75) is 26.7 Å². The van der Waals surface area contributed by atoms with Crippen molar-refractivity contribution in [1.29, 1.82) is 0 Å². The highest BCUT2D eigenvalue weighted by atomic mass is 32.1. The summed E-state index contributed by atoms with van der Waals surface area (Å²) in [6, 6.07) is 4.83. The van der Waals surface area contributed by atoms with Gasteiger partial charge in [0.05, 0.1) is 11.3 Å². The molecule has 7 nitrogen and oxygen atoms in total. The number of carbonyl (C=O) groups excluding carboxylic acids is 3. The summed E-state index contributed by atoms with van der Waals surface area (Å²) < 4.78 is 10.0. The van der Waals surface area contributed by atoms with E-state index in [4.69, 9.17) is 9.15 Å². The third kappa shape index (κ3) is 5.46. The molecule has 25 heavy (non-hydrogen) atoms. The zero-order valence-corrected chi connectivity index (χ0v) is 14.9. The number of thiophene rings is 1. The van der Waals surface area contributed by atoms with Crippen molar-refractivity contribution in [1.82, 2.24) is 5.32 Å². The quantitative estimate of drug-likeness (QED) is 0.554. The van der Waals surface area contributed by atoms with Crippen LogP contribution in [0.5, 0.6) is 0 Å². The number of aryl methyl sites for hydroxylation is 1. The summed E-state index contributed by atoms with van der Waals surface area (Å²) in [6.45, 7) is 3.99. The van der Waals surface area contributed by atoms with Crippen LogP contribution in [-0.2, 0) is 9.53 Å². The van der Waals surface area contributed by atoms with Gasteiger partial charge in [-0.3, -0.25) is 9.59 Å². The van der Waals surface area contributed by atoms with Crippen molar-refractivity contribution >= 4 is 34.1 Å². The summed E-state index contributed by atoms with van der Waals surface area (Å²) in [5, 5.41) is 5.83. The summed E-state index contributed by atoms with van der Waals surface area (Å²) in [6.07, 6.45) is 3.26. The Labute approximate surface area is 149 Å². The first kappa shape index (κ1) is 18.7. The van der Waals surface area contributed by atoms with E-state index in [1.807, 2.05) is 6.92 Å². The van der Waals surface area contributed by atoms with Gasteiger partial charge in [0, 0.05) is 6.54 Å². The van der Waals surface area contributed by atoms with Crippen LogP contribution >= 0.6 is 11.3 Å². The molecule has 2 amide bonds. The number of hydrogen-bond donors (Lipinski definition) is 2. The van der Waals surface area contributed by atoms with Gasteiger partial charge in [0.2, 0.25) is 0 Å². The van der Waals surface area contributed by atoms with Crippen LogP contribution < -0.4 is 10.6 Å². The molecule has 0 radical (unpaired) electrons. The molecule has 0 spiro atoms. The van der Waals surface area contributed by atoms with Gasteiger partial charge < -0.3 is 19.8 Å². The van der Waals surface area contributed by atoms with E-state index in [9.17, 15) is 14.4 Å². The molecule has 0 fully saturated rings. The molecule has 0 aliphatic heterocycles. The lowest BCUT2D eigenvalue weighted by atomic mass is 10.3. The van der Waals surface area contributed by atoms with E-state index in [1.54, 1.807) is 25.1 Å². The minimum absolute atomic E-state index is 0.180. The van der Waals surface area contributed by atoms with Gasteiger partial charge in [-0.05, 0) is 37.1 Å². The minimum Gasteiger partial charge on any atom is -0.459 e. The molecule has 0 aliphatic rings. The number of amides is 2. The van der Waals surface area contributed by atoms with Crippen molar-refractivity contribution in [3.8, 4) is 0 Å². The van der Waals surface area contributed by atoms with E-state index in [1.165, 1.54) is 6.26 Å². The van der Waals surface area contributed by atoms with Crippen LogP contribution in [0, 0.1) is 6.92 Å². The zero-order valence-electron chi connectivity index (χ0n) is 14.1. The summed E-state index contributed by atoms with van der Waals surface area (Å²) >= 11 is 1.09. The Kier molecular flexibility index (Phi) is 6.76. The monoisotopic (exact) mass is 364 g/mol. The van der Waals surface area contributed by atoms with Crippen LogP contribution in [-0.4, -0.2) is 30.9 Å². The fraction of sp³-hybridized carbons (Fsp3) is 0.353. The lowest BCUT2D eigenvalue weighted by Crippen LogP contribution is -2.29. The number of rotatable bonds is 8. The Morgan fingerprint density at radius 2 is 2.12 bits per heavy atom. The number of unbranched alkanes of at least 4 members (excludes halogenated alkanes) is 1. The highest BCUT2D eigenvalue weighted by Crippen LogP contribution is 2.27. The van der Waals surface area contributed by atoms with Crippen molar-refractivity contribution < 1.29 is 23.5 Å². The molecule has 2 aromatic rings. The Bertz CT molecular complexity index is 736. The second kappa shape index (κ2) is 9.03. The Hall–Kier alpha value is -2.61. The van der Waals surface area contributed by atoms with Crippen LogP contribution in [0.4, 0.5) is 5.00 Å². The van der Waals surface area contributed by atoms with Crippen molar-refractivity contribution in [2.24, 2.45) is 0 Å². The van der Waals surface area contributed by atoms with E-state index < -0.39 is 11.9 Å². The van der Waals surface area contributed by atoms with E-state index in [-0.39, 0.29) is 18.3 Å². The molecule has 0 bridgehead atoms. The maximum Gasteiger partial charge on any atom is 0.349 e. The van der Waals surface area contributed by atoms with Gasteiger partial charge in [0.1, 0.15) is 4.88 Å². The molecular formula is C17H20N2O5S. The highest BCUT2D eigenvalue weighted by molar-refractivity contribution is 7.18. The largest absolute Gasteiger partial charge is 0.459 e. The molecule has 134 valence electrons. The molecule has 0 saturated carbocycles. The molecule has 0 saturated heterocycles. The maximum absolute atomic E-state index is 12.1. The summed E-state index contributed by atoms with van der Waals surface area (Å²) in [5.74, 6) is -1.14. The molecule has 2 aromatic heterocycles. The second-order valence-electron chi connectivity index (χ2n) is 5.33. The predicted molar refractivity (Wildman–Crippen MR) is 93.9 cm³/mol. The minimum atomic E-state index is -0.591. The first-order chi connectivity index (χ1) is 12.0. The Balaban J connectivity index is 1.89. The second-order valence-corrected chi connectivity index (χ2v) is 6.39. The number of ether oxygens (including phenoxy) is 1. The average molecular weight is 364 g/mol. The fourth-order valence-electron chi connectivity index (χ4n) is 1.98. The molecule has 8 heteroatoms. The summed E-state index contributed by atoms with van der Waals surface area (Å²) in [5.41, 5.74) is 0.663. The van der Waals surface area contributed by atoms with E-state index in [0.29, 0.717) is 22.0 Å². The summed E-state index contributed by atoms with van der Waals surface area (Å²) in [4.78, 5) is 36.0. The van der Waals surface area contributed by atoms with Gasteiger partial charge in [-0.1, -0.05) is 13.3 Å². The predicted octanol–water partition coefficient (Wildman–Crippen LogP) is 2.97. The molecule has 2 rings (SSSR count). The molecule has 0 aromatic carbocycles. The van der Waals surface area contributed by atoms with Gasteiger partial charge in [-0.2, -0.15) is 0 Å². The number of nitrogens with one attached hydrogen (secondary N) is 2. The van der Waals surface area contributed by atoms with Crippen molar-refractivity contribution in [3.63, 3.8) is 0 Å². The third-order valence-corrected chi connectivity index (χ3v) is 4.40. The maximum atomic E-state index is 12.1. The molecule has 0 unspecified atom stereocenters. The van der Waals surface area contributed by atoms with Gasteiger partial charge in [-0.25, -0.2) is 4.79 Å². The molecule has 0 atom stereocenters.